The number of nitrogens with zero attached hydrogens (tertiary/aromatic N) is 2. The lowest BCUT2D eigenvalue weighted by atomic mass is 10.1. The molecule has 0 saturated carbocycles. The number of benzene rings is 1. The van der Waals surface area contributed by atoms with Crippen LogP contribution in [0.4, 0.5) is 5.69 Å². The second kappa shape index (κ2) is 5.77. The molecular weight excluding hydrogens is 290 g/mol. The molecule has 2 aromatic rings. The molecule has 0 spiro atoms. The fraction of sp³-hybridized carbons (Fsp3) is 0.333. The second-order valence-corrected chi connectivity index (χ2v) is 5.68. The van der Waals surface area contributed by atoms with Crippen molar-refractivity contribution in [2.75, 3.05) is 5.73 Å². The summed E-state index contributed by atoms with van der Waals surface area (Å²) in [5, 5.41) is 4.52. The maximum atomic E-state index is 12.0. The van der Waals surface area contributed by atoms with E-state index in [0.717, 1.165) is 5.56 Å². The Morgan fingerprint density at radius 2 is 2.00 bits per heavy atom. The van der Waals surface area contributed by atoms with Gasteiger partial charge in [-0.15, -0.1) is 5.10 Å². The first-order valence-corrected chi connectivity index (χ1v) is 6.99. The van der Waals surface area contributed by atoms with Gasteiger partial charge in [-0.25, -0.2) is 4.68 Å². The molecule has 1 aromatic carbocycles. The Morgan fingerprint density at radius 3 is 2.57 bits per heavy atom. The van der Waals surface area contributed by atoms with Gasteiger partial charge in [-0.1, -0.05) is 25.4 Å². The van der Waals surface area contributed by atoms with Gasteiger partial charge in [0, 0.05) is 24.4 Å². The summed E-state index contributed by atoms with van der Waals surface area (Å²) in [5.41, 5.74) is 7.62. The van der Waals surface area contributed by atoms with Crippen LogP contribution < -0.4 is 16.0 Å². The molecule has 0 saturated heterocycles. The Kier molecular flexibility index (Phi) is 4.23. The van der Waals surface area contributed by atoms with Gasteiger partial charge in [-0.2, -0.15) is 0 Å². The Bertz CT molecular complexity index is 715. The molecule has 0 bridgehead atoms. The summed E-state index contributed by atoms with van der Waals surface area (Å²) in [4.78, 5) is 12.0. The van der Waals surface area contributed by atoms with Crippen molar-refractivity contribution in [2.45, 2.75) is 26.7 Å². The van der Waals surface area contributed by atoms with Gasteiger partial charge in [0.2, 0.25) is 5.88 Å². The predicted molar refractivity (Wildman–Crippen MR) is 84.2 cm³/mol. The van der Waals surface area contributed by atoms with Crippen LogP contribution in [-0.4, -0.2) is 9.78 Å². The van der Waals surface area contributed by atoms with E-state index in [1.165, 1.54) is 4.68 Å². The molecule has 2 rings (SSSR count). The molecule has 5 nitrogen and oxygen atoms in total. The summed E-state index contributed by atoms with van der Waals surface area (Å²) in [6, 6.07) is 5.04. The summed E-state index contributed by atoms with van der Waals surface area (Å²) in [6.45, 7) is 5.74. The number of nitrogen functional groups attached to an aromatic ring is 1. The molecular formula is C15H18ClN3O2. The molecule has 0 aliphatic rings. The van der Waals surface area contributed by atoms with E-state index >= 15 is 0 Å². The van der Waals surface area contributed by atoms with Crippen LogP contribution in [0.5, 0.6) is 11.6 Å². The molecule has 0 amide bonds. The Labute approximate surface area is 128 Å². The van der Waals surface area contributed by atoms with Crippen LogP contribution in [0.1, 0.15) is 30.9 Å². The predicted octanol–water partition coefficient (Wildman–Crippen LogP) is 3.24. The quantitative estimate of drug-likeness (QED) is 0.884. The highest BCUT2D eigenvalue weighted by Crippen LogP contribution is 2.34. The van der Waals surface area contributed by atoms with Gasteiger partial charge >= 0.3 is 0 Å². The smallest absolute Gasteiger partial charge is 0.270 e. The molecule has 0 atom stereocenters. The second-order valence-electron chi connectivity index (χ2n) is 5.27. The maximum Gasteiger partial charge on any atom is 0.270 e. The molecule has 0 aliphatic heterocycles. The van der Waals surface area contributed by atoms with Gasteiger partial charge in [0.05, 0.1) is 5.02 Å². The van der Waals surface area contributed by atoms with Crippen molar-refractivity contribution in [3.63, 3.8) is 0 Å². The fourth-order valence-corrected chi connectivity index (χ4v) is 2.37. The lowest BCUT2D eigenvalue weighted by molar-refractivity contribution is 0.435. The summed E-state index contributed by atoms with van der Waals surface area (Å²) < 4.78 is 7.03. The summed E-state index contributed by atoms with van der Waals surface area (Å²) >= 11 is 6.16. The van der Waals surface area contributed by atoms with Crippen LogP contribution in [0.3, 0.4) is 0 Å². The molecule has 0 unspecified atom stereocenters. The highest BCUT2D eigenvalue weighted by Gasteiger charge is 2.14. The summed E-state index contributed by atoms with van der Waals surface area (Å²) in [7, 11) is 1.60. The zero-order valence-corrected chi connectivity index (χ0v) is 13.2. The summed E-state index contributed by atoms with van der Waals surface area (Å²) in [6.07, 6.45) is 0. The largest absolute Gasteiger partial charge is 0.436 e. The molecule has 112 valence electrons. The third-order valence-electron chi connectivity index (χ3n) is 3.15. The fourth-order valence-electron chi connectivity index (χ4n) is 2.06. The van der Waals surface area contributed by atoms with Gasteiger partial charge in [0.1, 0.15) is 0 Å². The maximum absolute atomic E-state index is 12.0. The average molecular weight is 308 g/mol. The lowest BCUT2D eigenvalue weighted by Gasteiger charge is -2.13. The van der Waals surface area contributed by atoms with Crippen LogP contribution in [0.15, 0.2) is 23.0 Å². The van der Waals surface area contributed by atoms with E-state index in [-0.39, 0.29) is 11.5 Å². The molecule has 1 heterocycles. The normalized spacial score (nSPS) is 11.0. The van der Waals surface area contributed by atoms with Crippen molar-refractivity contribution in [3.8, 4) is 11.6 Å². The SMILES string of the molecule is Cc1cc(N)cc(Cl)c1Oc1cc(C(C)C)c(=O)n(C)n1. The van der Waals surface area contributed by atoms with Crippen molar-refractivity contribution >= 4 is 17.3 Å². The Hall–Kier alpha value is -2.01. The molecule has 2 N–H and O–H groups in total. The number of anilines is 1. The minimum atomic E-state index is -0.127. The van der Waals surface area contributed by atoms with Crippen LogP contribution in [0.2, 0.25) is 5.02 Å². The van der Waals surface area contributed by atoms with E-state index in [0.29, 0.717) is 27.9 Å². The molecule has 21 heavy (non-hydrogen) atoms. The number of rotatable bonds is 3. The number of hydrogen-bond donors (Lipinski definition) is 1. The molecule has 0 radical (unpaired) electrons. The third kappa shape index (κ3) is 3.19. The highest BCUT2D eigenvalue weighted by atomic mass is 35.5. The van der Waals surface area contributed by atoms with Gasteiger partial charge < -0.3 is 10.5 Å². The zero-order chi connectivity index (χ0) is 15.7. The third-order valence-corrected chi connectivity index (χ3v) is 3.43. The van der Waals surface area contributed by atoms with E-state index in [1.54, 1.807) is 25.2 Å². The van der Waals surface area contributed by atoms with Gasteiger partial charge in [-0.3, -0.25) is 4.79 Å². The number of halogens is 1. The first-order chi connectivity index (χ1) is 9.79. The van der Waals surface area contributed by atoms with E-state index in [9.17, 15) is 4.79 Å². The Morgan fingerprint density at radius 1 is 1.33 bits per heavy atom. The minimum absolute atomic E-state index is 0.0806. The van der Waals surface area contributed by atoms with Crippen molar-refractivity contribution in [1.82, 2.24) is 9.78 Å². The molecule has 0 fully saturated rings. The lowest BCUT2D eigenvalue weighted by Crippen LogP contribution is -2.24. The van der Waals surface area contributed by atoms with Crippen molar-refractivity contribution in [2.24, 2.45) is 7.05 Å². The van der Waals surface area contributed by atoms with Crippen LogP contribution in [-0.2, 0) is 7.05 Å². The number of hydrogen-bond acceptors (Lipinski definition) is 4. The number of ether oxygens (including phenoxy) is 1. The van der Waals surface area contributed by atoms with E-state index in [2.05, 4.69) is 5.10 Å². The first-order valence-electron chi connectivity index (χ1n) is 6.61. The monoisotopic (exact) mass is 307 g/mol. The van der Waals surface area contributed by atoms with E-state index in [1.807, 2.05) is 20.8 Å². The van der Waals surface area contributed by atoms with Crippen molar-refractivity contribution in [3.05, 3.63) is 44.7 Å². The van der Waals surface area contributed by atoms with Crippen molar-refractivity contribution < 1.29 is 4.74 Å². The average Bonchev–Trinajstić information content (AvgIpc) is 2.37. The van der Waals surface area contributed by atoms with Gasteiger partial charge in [0.25, 0.3) is 5.56 Å². The van der Waals surface area contributed by atoms with Crippen LogP contribution in [0.25, 0.3) is 0 Å². The van der Waals surface area contributed by atoms with Crippen LogP contribution >= 0.6 is 11.6 Å². The summed E-state index contributed by atoms with van der Waals surface area (Å²) in [5.74, 6) is 0.902. The van der Waals surface area contributed by atoms with Gasteiger partial charge in [0.15, 0.2) is 5.75 Å². The molecule has 6 heteroatoms. The number of nitrogens with two attached hydrogens (primary N) is 1. The van der Waals surface area contributed by atoms with E-state index in [4.69, 9.17) is 22.1 Å². The first kappa shape index (κ1) is 15.4. The van der Waals surface area contributed by atoms with Crippen LogP contribution in [0, 0.1) is 6.92 Å². The topological polar surface area (TPSA) is 70.1 Å². The Balaban J connectivity index is 2.48. The van der Waals surface area contributed by atoms with E-state index < -0.39 is 0 Å². The number of aryl methyl sites for hydroxylation is 2. The zero-order valence-electron chi connectivity index (χ0n) is 12.5. The standard InChI is InChI=1S/C15H18ClN3O2/c1-8(2)11-7-13(18-19(4)15(11)20)21-14-9(3)5-10(17)6-12(14)16/h5-8H,17H2,1-4H3. The highest BCUT2D eigenvalue weighted by molar-refractivity contribution is 6.32. The minimum Gasteiger partial charge on any atom is -0.436 e. The number of aromatic nitrogens is 2. The van der Waals surface area contributed by atoms with Crippen molar-refractivity contribution in [1.29, 1.82) is 0 Å². The van der Waals surface area contributed by atoms with Gasteiger partial charge in [-0.05, 0) is 30.5 Å². The molecule has 1 aromatic heterocycles. The molecule has 0 aliphatic carbocycles.